The molecule has 74 heavy (non-hydrogen) atoms. The second-order valence-electron chi connectivity index (χ2n) is 19.7. The Balaban J connectivity index is 0.989. The third-order valence-electron chi connectivity index (χ3n) is 15.6. The molecule has 0 saturated heterocycles. The standard InChI is InChI=1S/C69H42N4O/c1-2-16-43-36-47(29-28-41(43)14-1)67-70-68(72-69(71-67)58-26-13-25-55-52-21-8-7-20-50(52)51-22-9-10-24-54(51)65(55)58)57-34-32-48(40-59(57)46-31-35-64-61(38-46)53-23-11-12-27-63(53)74-64)73-62-39-45-18-4-3-17-44(45)37-60(62)56-33-30-42-15-5-6-19-49(42)66(56)73/h1-40,67H,(H,70,71,72). The lowest BCUT2D eigenvalue weighted by atomic mass is 9.91. The van der Waals surface area contributed by atoms with Crippen LogP contribution in [-0.4, -0.2) is 16.2 Å². The van der Waals surface area contributed by atoms with E-state index in [9.17, 15) is 0 Å². The van der Waals surface area contributed by atoms with E-state index in [1.807, 2.05) is 12.1 Å². The van der Waals surface area contributed by atoms with Gasteiger partial charge in [-0.1, -0.05) is 188 Å². The van der Waals surface area contributed by atoms with Crippen LogP contribution < -0.4 is 5.32 Å². The summed E-state index contributed by atoms with van der Waals surface area (Å²) in [6.07, 6.45) is -0.450. The molecule has 5 nitrogen and oxygen atoms in total. The molecule has 1 N–H and O–H groups in total. The number of rotatable bonds is 5. The van der Waals surface area contributed by atoms with Gasteiger partial charge in [0.2, 0.25) is 0 Å². The Morgan fingerprint density at radius 1 is 0.378 bits per heavy atom. The van der Waals surface area contributed by atoms with Crippen molar-refractivity contribution in [2.24, 2.45) is 9.98 Å². The molecule has 0 aliphatic carbocycles. The highest BCUT2D eigenvalue weighted by atomic mass is 16.3. The summed E-state index contributed by atoms with van der Waals surface area (Å²) in [5.74, 6) is 1.42. The normalized spacial score (nSPS) is 14.1. The Kier molecular flexibility index (Phi) is 8.74. The molecule has 0 saturated carbocycles. The summed E-state index contributed by atoms with van der Waals surface area (Å²) in [5.41, 5.74) is 10.1. The summed E-state index contributed by atoms with van der Waals surface area (Å²) in [4.78, 5) is 11.3. The van der Waals surface area contributed by atoms with Gasteiger partial charge in [-0.2, -0.15) is 0 Å². The molecule has 0 radical (unpaired) electrons. The lowest BCUT2D eigenvalue weighted by Crippen LogP contribution is -2.34. The number of aromatic nitrogens is 1. The molecule has 1 atom stereocenters. The van der Waals surface area contributed by atoms with Crippen LogP contribution in [0.2, 0.25) is 0 Å². The number of benzene rings is 13. The molecule has 1 unspecified atom stereocenters. The van der Waals surface area contributed by atoms with Crippen LogP contribution in [0, 0.1) is 0 Å². The van der Waals surface area contributed by atoms with E-state index in [-0.39, 0.29) is 0 Å². The van der Waals surface area contributed by atoms with Gasteiger partial charge >= 0.3 is 0 Å². The highest BCUT2D eigenvalue weighted by molar-refractivity contribution is 6.31. The summed E-state index contributed by atoms with van der Waals surface area (Å²) < 4.78 is 8.91. The Bertz CT molecular complexity index is 4910. The first kappa shape index (κ1) is 40.8. The number of nitrogens with one attached hydrogen (secondary N) is 1. The predicted octanol–water partition coefficient (Wildman–Crippen LogP) is 17.8. The van der Waals surface area contributed by atoms with Crippen molar-refractivity contribution in [2.75, 3.05) is 0 Å². The molecule has 2 aromatic heterocycles. The van der Waals surface area contributed by atoms with Crippen LogP contribution in [0.3, 0.4) is 0 Å². The number of fused-ring (bicyclic) bond motifs is 16. The van der Waals surface area contributed by atoms with Crippen LogP contribution in [0.15, 0.2) is 257 Å². The molecule has 0 spiro atoms. The second kappa shape index (κ2) is 15.8. The summed E-state index contributed by atoms with van der Waals surface area (Å²) in [6.45, 7) is 0. The zero-order valence-corrected chi connectivity index (χ0v) is 39.9. The maximum Gasteiger partial charge on any atom is 0.160 e. The molecule has 15 aromatic rings. The summed E-state index contributed by atoms with van der Waals surface area (Å²) in [5, 5.41) is 22.8. The van der Waals surface area contributed by atoms with E-state index >= 15 is 0 Å². The number of hydrogen-bond donors (Lipinski definition) is 1. The largest absolute Gasteiger partial charge is 0.456 e. The van der Waals surface area contributed by atoms with Crippen molar-refractivity contribution in [3.05, 3.63) is 259 Å². The summed E-state index contributed by atoms with van der Waals surface area (Å²) in [6, 6.07) is 87.8. The van der Waals surface area contributed by atoms with Crippen LogP contribution in [-0.2, 0) is 0 Å². The average Bonchev–Trinajstić information content (AvgIpc) is 4.01. The van der Waals surface area contributed by atoms with Gasteiger partial charge in [0.1, 0.15) is 23.2 Å². The minimum Gasteiger partial charge on any atom is -0.456 e. The van der Waals surface area contributed by atoms with Crippen molar-refractivity contribution in [1.29, 1.82) is 0 Å². The number of nitrogens with zero attached hydrogens (tertiary/aromatic N) is 3. The minimum absolute atomic E-state index is 0.450. The van der Waals surface area contributed by atoms with Crippen molar-refractivity contribution in [2.45, 2.75) is 6.17 Å². The average molecular weight is 943 g/mol. The van der Waals surface area contributed by atoms with E-state index in [4.69, 9.17) is 14.4 Å². The fourth-order valence-corrected chi connectivity index (χ4v) is 12.1. The van der Waals surface area contributed by atoms with Gasteiger partial charge in [0.15, 0.2) is 5.84 Å². The second-order valence-corrected chi connectivity index (χ2v) is 19.7. The Labute approximate surface area is 424 Å². The van der Waals surface area contributed by atoms with Crippen LogP contribution in [0.5, 0.6) is 0 Å². The highest BCUT2D eigenvalue weighted by Crippen LogP contribution is 2.43. The number of amidine groups is 2. The zero-order chi connectivity index (χ0) is 48.4. The van der Waals surface area contributed by atoms with Gasteiger partial charge in [0, 0.05) is 49.1 Å². The SMILES string of the molecule is c1ccc2cc(C3N=C(c4ccc(-n5c6cc7ccccc7cc6c6ccc7ccccc7c65)cc4-c4ccc5oc6ccccc6c5c4)N=C(c4cccc5c6ccccc6c6ccccc6c45)N3)ccc2c1. The third-order valence-corrected chi connectivity index (χ3v) is 15.6. The molecule has 0 amide bonds. The highest BCUT2D eigenvalue weighted by Gasteiger charge is 2.27. The topological polar surface area (TPSA) is 54.8 Å². The van der Waals surface area contributed by atoms with E-state index in [0.717, 1.165) is 77.6 Å². The fraction of sp³-hybridized carbons (Fsp3) is 0.0145. The van der Waals surface area contributed by atoms with Crippen molar-refractivity contribution >= 4 is 120 Å². The van der Waals surface area contributed by atoms with Gasteiger partial charge in [0.05, 0.1) is 11.0 Å². The number of para-hydroxylation sites is 1. The lowest BCUT2D eigenvalue weighted by Gasteiger charge is -2.26. The van der Waals surface area contributed by atoms with Gasteiger partial charge in [-0.3, -0.25) is 0 Å². The quantitative estimate of drug-likeness (QED) is 0.175. The van der Waals surface area contributed by atoms with Gasteiger partial charge in [-0.15, -0.1) is 0 Å². The van der Waals surface area contributed by atoms with E-state index in [2.05, 4.69) is 240 Å². The molecule has 344 valence electrons. The first-order valence-electron chi connectivity index (χ1n) is 25.3. The smallest absolute Gasteiger partial charge is 0.160 e. The molecule has 3 heterocycles. The number of hydrogen-bond acceptors (Lipinski definition) is 4. The van der Waals surface area contributed by atoms with Crippen molar-refractivity contribution in [3.63, 3.8) is 0 Å². The van der Waals surface area contributed by atoms with Crippen molar-refractivity contribution < 1.29 is 4.42 Å². The van der Waals surface area contributed by atoms with E-state index in [1.165, 1.54) is 70.2 Å². The molecule has 1 aliphatic rings. The molecular weight excluding hydrogens is 901 g/mol. The van der Waals surface area contributed by atoms with Gasteiger partial charge in [0.25, 0.3) is 0 Å². The lowest BCUT2D eigenvalue weighted by molar-refractivity contribution is 0.669. The van der Waals surface area contributed by atoms with Crippen molar-refractivity contribution in [3.8, 4) is 16.8 Å². The summed E-state index contributed by atoms with van der Waals surface area (Å²) in [7, 11) is 0. The van der Waals surface area contributed by atoms with E-state index in [0.29, 0.717) is 5.84 Å². The number of aliphatic imine (C=N–C) groups is 2. The van der Waals surface area contributed by atoms with E-state index in [1.54, 1.807) is 0 Å². The molecule has 1 aliphatic heterocycles. The van der Waals surface area contributed by atoms with E-state index < -0.39 is 6.17 Å². The van der Waals surface area contributed by atoms with Crippen LogP contribution in [0.1, 0.15) is 22.9 Å². The molecule has 16 rings (SSSR count). The zero-order valence-electron chi connectivity index (χ0n) is 39.9. The van der Waals surface area contributed by atoms with Gasteiger partial charge in [-0.25, -0.2) is 9.98 Å². The fourth-order valence-electron chi connectivity index (χ4n) is 12.1. The molecule has 5 heteroatoms. The third kappa shape index (κ3) is 6.17. The predicted molar refractivity (Wildman–Crippen MR) is 310 cm³/mol. The van der Waals surface area contributed by atoms with Crippen LogP contribution in [0.25, 0.3) is 125 Å². The first-order chi connectivity index (χ1) is 36.7. The summed E-state index contributed by atoms with van der Waals surface area (Å²) >= 11 is 0. The van der Waals surface area contributed by atoms with Gasteiger partial charge < -0.3 is 14.3 Å². The van der Waals surface area contributed by atoms with Crippen LogP contribution in [0.4, 0.5) is 0 Å². The Morgan fingerprint density at radius 2 is 1.00 bits per heavy atom. The van der Waals surface area contributed by atoms with Gasteiger partial charge in [-0.05, 0) is 125 Å². The Hall–Kier alpha value is -9.84. The molecular formula is C69H42N4O. The van der Waals surface area contributed by atoms with Crippen molar-refractivity contribution in [1.82, 2.24) is 9.88 Å². The molecule has 13 aromatic carbocycles. The number of furan rings is 1. The monoisotopic (exact) mass is 942 g/mol. The van der Waals surface area contributed by atoms with Crippen LogP contribution >= 0.6 is 0 Å². The maximum absolute atomic E-state index is 6.44. The minimum atomic E-state index is -0.450. The molecule has 0 fully saturated rings. The maximum atomic E-state index is 6.44. The molecule has 0 bridgehead atoms. The Morgan fingerprint density at radius 3 is 1.80 bits per heavy atom. The first-order valence-corrected chi connectivity index (χ1v) is 25.3.